The summed E-state index contributed by atoms with van der Waals surface area (Å²) in [6.07, 6.45) is 6.40. The highest BCUT2D eigenvalue weighted by Gasteiger charge is 2.18. The van der Waals surface area contributed by atoms with E-state index >= 15 is 0 Å². The Balaban J connectivity index is 0.825. The van der Waals surface area contributed by atoms with E-state index in [-0.39, 0.29) is 12.4 Å². The minimum atomic E-state index is -2.50. The first kappa shape index (κ1) is 56.2. The largest absolute Gasteiger partial charge is 0.489 e. The number of aryl methyl sites for hydroxylation is 2. The summed E-state index contributed by atoms with van der Waals surface area (Å²) in [4.78, 5) is 4.66. The number of hydrogen-bond acceptors (Lipinski definition) is 5. The van der Waals surface area contributed by atoms with E-state index in [1.54, 1.807) is 12.1 Å². The fraction of sp³-hybridized carbons (Fsp3) is 0.222. The van der Waals surface area contributed by atoms with Crippen LogP contribution in [0.5, 0.6) is 17.2 Å². The first-order valence-corrected chi connectivity index (χ1v) is 28.2. The lowest BCUT2D eigenvalue weighted by atomic mass is 9.84. The van der Waals surface area contributed by atoms with Gasteiger partial charge in [0.05, 0.1) is 0 Å². The van der Waals surface area contributed by atoms with Gasteiger partial charge in [-0.3, -0.25) is 0 Å². The van der Waals surface area contributed by atoms with Crippen molar-refractivity contribution in [1.82, 2.24) is 0 Å². The van der Waals surface area contributed by atoms with E-state index in [2.05, 4.69) is 230 Å². The average molecular weight is 1070 g/mol. The molecule has 0 aromatic heterocycles. The van der Waals surface area contributed by atoms with Gasteiger partial charge in [-0.05, 0) is 204 Å². The highest BCUT2D eigenvalue weighted by atomic mass is 19.3. The minimum Gasteiger partial charge on any atom is -0.489 e. The number of anilines is 6. The summed E-state index contributed by atoms with van der Waals surface area (Å²) in [5, 5.41) is 0. The van der Waals surface area contributed by atoms with Crippen LogP contribution < -0.4 is 24.0 Å². The van der Waals surface area contributed by atoms with Gasteiger partial charge in [-0.1, -0.05) is 156 Å². The number of hydrogen-bond donors (Lipinski definition) is 0. The zero-order valence-electron chi connectivity index (χ0n) is 46.3. The van der Waals surface area contributed by atoms with Crippen molar-refractivity contribution in [2.24, 2.45) is 0 Å². The highest BCUT2D eigenvalue weighted by molar-refractivity contribution is 5.81. The third kappa shape index (κ3) is 15.0. The van der Waals surface area contributed by atoms with E-state index in [0.717, 1.165) is 87.8 Å². The predicted molar refractivity (Wildman–Crippen MR) is 324 cm³/mol. The molecular formula is C72H71F3N2O3. The Hall–Kier alpha value is -8.49. The number of rotatable bonds is 26. The molecule has 80 heavy (non-hydrogen) atoms. The fourth-order valence-electron chi connectivity index (χ4n) is 10.2. The van der Waals surface area contributed by atoms with Crippen LogP contribution in [-0.2, 0) is 26.1 Å². The van der Waals surface area contributed by atoms with Gasteiger partial charge >= 0.3 is 12.1 Å². The third-order valence-corrected chi connectivity index (χ3v) is 14.8. The van der Waals surface area contributed by atoms with Crippen LogP contribution in [0.1, 0.15) is 111 Å². The second-order valence-electron chi connectivity index (χ2n) is 20.5. The van der Waals surface area contributed by atoms with Crippen LogP contribution in [0.3, 0.4) is 0 Å². The minimum absolute atomic E-state index is 0.0166. The van der Waals surface area contributed by atoms with Crippen LogP contribution in [0.15, 0.2) is 237 Å². The quantitative estimate of drug-likeness (QED) is 0.0505. The maximum Gasteiger partial charge on any atom is 0.344 e. The van der Waals surface area contributed by atoms with Gasteiger partial charge in [0.1, 0.15) is 30.5 Å². The molecule has 0 saturated carbocycles. The van der Waals surface area contributed by atoms with E-state index in [1.807, 2.05) is 12.1 Å². The third-order valence-electron chi connectivity index (χ3n) is 14.8. The predicted octanol–water partition coefficient (Wildman–Crippen LogP) is 21.2. The van der Waals surface area contributed by atoms with Crippen LogP contribution in [0.4, 0.5) is 47.3 Å². The normalized spacial score (nSPS) is 11.8. The molecule has 2 unspecified atom stereocenters. The molecule has 5 nitrogen and oxygen atoms in total. The number of unbranched alkanes of at least 4 members (excludes halogenated alkanes) is 2. The zero-order chi connectivity index (χ0) is 55.6. The Kier molecular flexibility index (Phi) is 19.6. The van der Waals surface area contributed by atoms with Crippen molar-refractivity contribution in [1.29, 1.82) is 0 Å². The Morgan fingerprint density at radius 2 is 0.762 bits per heavy atom. The van der Waals surface area contributed by atoms with Gasteiger partial charge in [0.15, 0.2) is 0 Å². The first-order chi connectivity index (χ1) is 39.1. The number of nitrogens with zero attached hydrogens (tertiary/aromatic N) is 2. The van der Waals surface area contributed by atoms with Crippen molar-refractivity contribution in [2.45, 2.75) is 104 Å². The standard InChI is InChI=1S/C72H71F3N2O3/c1-5-8-13-53-17-33-63(34-18-53)76(62-15-11-10-12-16-62)66-39-25-60(26-40-66)61-27-41-67(42-28-61)77(64-35-19-54(20-36-64)14-9-6-2)65-37-21-55(22-38-65)50-78-69-47-31-59(32-48-69)57(7-3)49-52(4)58-29-45-68(46-30-58)79-51-56-23-43-70(44-24-56)80-72(75)71(73)74/h10-12,15-48,52,57H,5-9,13-14,49-51H2,1-4H3. The van der Waals surface area contributed by atoms with Gasteiger partial charge in [-0.2, -0.15) is 13.2 Å². The Morgan fingerprint density at radius 1 is 0.400 bits per heavy atom. The Labute approximate surface area is 471 Å². The molecule has 0 aliphatic heterocycles. The van der Waals surface area contributed by atoms with Gasteiger partial charge in [-0.25, -0.2) is 0 Å². The second-order valence-corrected chi connectivity index (χ2v) is 20.5. The Bertz CT molecular complexity index is 3330. The molecule has 8 heteroatoms. The molecule has 0 fully saturated rings. The topological polar surface area (TPSA) is 34.2 Å². The number of halogens is 3. The van der Waals surface area contributed by atoms with E-state index in [0.29, 0.717) is 24.2 Å². The highest BCUT2D eigenvalue weighted by Crippen LogP contribution is 2.39. The number of ether oxygens (including phenoxy) is 3. The average Bonchev–Trinajstić information content (AvgIpc) is 3.51. The molecule has 0 bridgehead atoms. The van der Waals surface area contributed by atoms with Gasteiger partial charge in [0.25, 0.3) is 0 Å². The van der Waals surface area contributed by atoms with Crippen molar-refractivity contribution in [2.75, 3.05) is 9.80 Å². The lowest BCUT2D eigenvalue weighted by molar-refractivity contribution is 0.241. The molecule has 408 valence electrons. The molecule has 0 amide bonds. The Morgan fingerprint density at radius 3 is 1.16 bits per heavy atom. The fourth-order valence-corrected chi connectivity index (χ4v) is 10.2. The summed E-state index contributed by atoms with van der Waals surface area (Å²) in [6.45, 7) is 9.69. The summed E-state index contributed by atoms with van der Waals surface area (Å²) in [6, 6.07) is 76.1. The molecule has 9 aromatic carbocycles. The number of benzene rings is 9. The smallest absolute Gasteiger partial charge is 0.344 e. The molecule has 0 aliphatic rings. The molecule has 9 aromatic rings. The van der Waals surface area contributed by atoms with Crippen LogP contribution in [0, 0.1) is 0 Å². The maximum atomic E-state index is 13.1. The molecule has 0 aliphatic carbocycles. The van der Waals surface area contributed by atoms with Crippen LogP contribution >= 0.6 is 0 Å². The molecule has 0 heterocycles. The van der Waals surface area contributed by atoms with Crippen molar-refractivity contribution < 1.29 is 27.4 Å². The molecule has 9 rings (SSSR count). The van der Waals surface area contributed by atoms with Crippen molar-refractivity contribution in [3.05, 3.63) is 270 Å². The van der Waals surface area contributed by atoms with E-state index in [9.17, 15) is 13.2 Å². The van der Waals surface area contributed by atoms with E-state index < -0.39 is 12.1 Å². The summed E-state index contributed by atoms with van der Waals surface area (Å²) < 4.78 is 54.7. The number of para-hydroxylation sites is 1. The SMILES string of the molecule is CCCCc1ccc(N(c2ccccc2)c2ccc(-c3ccc(N(c4ccc(CCCC)cc4)c4ccc(COc5ccc(C(CC)CC(C)c6ccc(OCc7ccc(OC(F)=C(F)F)cc7)cc6)cc5)cc4)cc3)cc2)cc1. The summed E-state index contributed by atoms with van der Waals surface area (Å²) in [7, 11) is 0. The summed E-state index contributed by atoms with van der Waals surface area (Å²) in [5.74, 6) is 2.22. The van der Waals surface area contributed by atoms with Crippen LogP contribution in [0.2, 0.25) is 0 Å². The maximum absolute atomic E-state index is 13.1. The monoisotopic (exact) mass is 1070 g/mol. The van der Waals surface area contributed by atoms with E-state index in [1.165, 1.54) is 60.1 Å². The van der Waals surface area contributed by atoms with Gasteiger partial charge < -0.3 is 24.0 Å². The molecule has 0 N–H and O–H groups in total. The molecule has 2 atom stereocenters. The lowest BCUT2D eigenvalue weighted by Gasteiger charge is -2.26. The molecule has 0 saturated heterocycles. The van der Waals surface area contributed by atoms with Gasteiger partial charge in [-0.15, -0.1) is 0 Å². The van der Waals surface area contributed by atoms with Crippen molar-refractivity contribution in [3.8, 4) is 28.4 Å². The summed E-state index contributed by atoms with van der Waals surface area (Å²) in [5.41, 5.74) is 16.1. The molecule has 0 spiro atoms. The molecular weight excluding hydrogens is 998 g/mol. The first-order valence-electron chi connectivity index (χ1n) is 28.2. The molecule has 0 radical (unpaired) electrons. The van der Waals surface area contributed by atoms with Crippen molar-refractivity contribution >= 4 is 34.1 Å². The van der Waals surface area contributed by atoms with Crippen molar-refractivity contribution in [3.63, 3.8) is 0 Å². The van der Waals surface area contributed by atoms with E-state index in [4.69, 9.17) is 9.47 Å². The zero-order valence-corrected chi connectivity index (χ0v) is 46.3. The summed E-state index contributed by atoms with van der Waals surface area (Å²) >= 11 is 0. The second kappa shape index (κ2) is 27.9. The van der Waals surface area contributed by atoms with Crippen LogP contribution in [0.25, 0.3) is 11.1 Å². The van der Waals surface area contributed by atoms with Crippen LogP contribution in [-0.4, -0.2) is 0 Å². The van der Waals surface area contributed by atoms with Gasteiger partial charge in [0, 0.05) is 34.1 Å². The lowest BCUT2D eigenvalue weighted by Crippen LogP contribution is -2.10. The van der Waals surface area contributed by atoms with Gasteiger partial charge in [0.2, 0.25) is 0 Å².